The Labute approximate surface area is 111 Å². The molecule has 0 saturated heterocycles. The van der Waals surface area contributed by atoms with Gasteiger partial charge in [0.25, 0.3) is 0 Å². The molecule has 0 aliphatic heterocycles. The Kier molecular flexibility index (Phi) is 2.10. The van der Waals surface area contributed by atoms with Gasteiger partial charge in [-0.15, -0.1) is 0 Å². The van der Waals surface area contributed by atoms with E-state index in [1.807, 2.05) is 6.92 Å². The number of nitrogens with zero attached hydrogens (tertiary/aromatic N) is 1. The molecule has 4 aromatic rings. The van der Waals surface area contributed by atoms with E-state index in [0.717, 1.165) is 11.2 Å². The molecule has 0 bridgehead atoms. The predicted octanol–water partition coefficient (Wildman–Crippen LogP) is 4.85. The van der Waals surface area contributed by atoms with Crippen molar-refractivity contribution in [1.82, 2.24) is 4.98 Å². The lowest BCUT2D eigenvalue weighted by Gasteiger charge is -2.09. The summed E-state index contributed by atoms with van der Waals surface area (Å²) < 4.78 is 0. The predicted molar refractivity (Wildman–Crippen MR) is 81.5 cm³/mol. The molecule has 0 atom stereocenters. The zero-order chi connectivity index (χ0) is 12.8. The first-order valence-corrected chi connectivity index (χ1v) is 6.51. The van der Waals surface area contributed by atoms with Gasteiger partial charge in [-0.1, -0.05) is 54.6 Å². The van der Waals surface area contributed by atoms with E-state index in [2.05, 4.69) is 60.7 Å². The standard InChI is InChI=1S/C18H13N/c1-12-10-11-17-15-8-3-2-6-13(15)14-7-4-5-9-16(14)18(17)19-12/h2-11H,1H3. The minimum atomic E-state index is 1.06. The Morgan fingerprint density at radius 2 is 1.05 bits per heavy atom. The van der Waals surface area contributed by atoms with Crippen LogP contribution in [0, 0.1) is 6.92 Å². The van der Waals surface area contributed by atoms with Gasteiger partial charge in [0.15, 0.2) is 0 Å². The minimum Gasteiger partial charge on any atom is -0.252 e. The number of benzene rings is 3. The SMILES string of the molecule is Cc1ccc2c3ccccc3c3ccccc3c2n1. The van der Waals surface area contributed by atoms with Gasteiger partial charge in [-0.05, 0) is 29.1 Å². The third-order valence-corrected chi connectivity index (χ3v) is 3.72. The first-order valence-electron chi connectivity index (χ1n) is 6.51. The Morgan fingerprint density at radius 3 is 1.68 bits per heavy atom. The van der Waals surface area contributed by atoms with Crippen LogP contribution in [0.5, 0.6) is 0 Å². The fourth-order valence-corrected chi connectivity index (χ4v) is 2.86. The number of fused-ring (bicyclic) bond motifs is 6. The highest BCUT2D eigenvalue weighted by Gasteiger charge is 2.08. The fourth-order valence-electron chi connectivity index (χ4n) is 2.86. The summed E-state index contributed by atoms with van der Waals surface area (Å²) in [6.07, 6.45) is 0. The van der Waals surface area contributed by atoms with E-state index < -0.39 is 0 Å². The first kappa shape index (κ1) is 10.5. The van der Waals surface area contributed by atoms with Crippen molar-refractivity contribution in [1.29, 1.82) is 0 Å². The normalized spacial score (nSPS) is 11.4. The smallest absolute Gasteiger partial charge is 0.0789 e. The second-order valence-electron chi connectivity index (χ2n) is 4.94. The topological polar surface area (TPSA) is 12.9 Å². The molecule has 90 valence electrons. The second kappa shape index (κ2) is 3.79. The lowest BCUT2D eigenvalue weighted by molar-refractivity contribution is 1.26. The average Bonchev–Trinajstić information content (AvgIpc) is 2.47. The van der Waals surface area contributed by atoms with E-state index >= 15 is 0 Å². The maximum atomic E-state index is 4.75. The minimum absolute atomic E-state index is 1.06. The van der Waals surface area contributed by atoms with Crippen LogP contribution in [0.2, 0.25) is 0 Å². The van der Waals surface area contributed by atoms with Gasteiger partial charge in [0.05, 0.1) is 5.52 Å². The average molecular weight is 243 g/mol. The summed E-state index contributed by atoms with van der Waals surface area (Å²) in [7, 11) is 0. The first-order chi connectivity index (χ1) is 9.34. The van der Waals surface area contributed by atoms with Crippen LogP contribution < -0.4 is 0 Å². The van der Waals surface area contributed by atoms with E-state index in [9.17, 15) is 0 Å². The fraction of sp³-hybridized carbons (Fsp3) is 0.0556. The number of aromatic nitrogens is 1. The van der Waals surface area contributed by atoms with Crippen LogP contribution in [-0.2, 0) is 0 Å². The van der Waals surface area contributed by atoms with Crippen LogP contribution in [0.25, 0.3) is 32.4 Å². The monoisotopic (exact) mass is 243 g/mol. The van der Waals surface area contributed by atoms with Gasteiger partial charge in [-0.25, -0.2) is 0 Å². The molecule has 0 radical (unpaired) electrons. The molecule has 0 unspecified atom stereocenters. The molecule has 0 amide bonds. The zero-order valence-electron chi connectivity index (χ0n) is 10.7. The van der Waals surface area contributed by atoms with Crippen molar-refractivity contribution in [3.05, 3.63) is 66.4 Å². The number of pyridine rings is 1. The van der Waals surface area contributed by atoms with Crippen LogP contribution in [0.4, 0.5) is 0 Å². The van der Waals surface area contributed by atoms with Gasteiger partial charge >= 0.3 is 0 Å². The van der Waals surface area contributed by atoms with Gasteiger partial charge in [0.1, 0.15) is 0 Å². The molecule has 0 aliphatic rings. The van der Waals surface area contributed by atoms with E-state index in [-0.39, 0.29) is 0 Å². The van der Waals surface area contributed by atoms with Crippen molar-refractivity contribution in [3.8, 4) is 0 Å². The Bertz CT molecular complexity index is 887. The highest BCUT2D eigenvalue weighted by molar-refractivity contribution is 6.24. The summed E-state index contributed by atoms with van der Waals surface area (Å²) in [5.41, 5.74) is 2.17. The zero-order valence-corrected chi connectivity index (χ0v) is 10.7. The van der Waals surface area contributed by atoms with Gasteiger partial charge in [-0.3, -0.25) is 4.98 Å². The van der Waals surface area contributed by atoms with Gasteiger partial charge < -0.3 is 0 Å². The van der Waals surface area contributed by atoms with E-state index in [0.29, 0.717) is 0 Å². The van der Waals surface area contributed by atoms with Crippen LogP contribution >= 0.6 is 0 Å². The molecule has 3 aromatic carbocycles. The quantitative estimate of drug-likeness (QED) is 0.402. The number of hydrogen-bond donors (Lipinski definition) is 0. The summed E-state index contributed by atoms with van der Waals surface area (Å²) in [5, 5.41) is 6.34. The molecule has 0 spiro atoms. The lowest BCUT2D eigenvalue weighted by atomic mass is 9.97. The van der Waals surface area contributed by atoms with Crippen LogP contribution in [0.1, 0.15) is 5.69 Å². The highest BCUT2D eigenvalue weighted by Crippen LogP contribution is 2.33. The molecule has 4 rings (SSSR count). The molecule has 0 aliphatic carbocycles. The van der Waals surface area contributed by atoms with Crippen molar-refractivity contribution in [2.75, 3.05) is 0 Å². The summed E-state index contributed by atoms with van der Waals surface area (Å²) in [6, 6.07) is 21.4. The Balaban J connectivity index is 2.43. The second-order valence-corrected chi connectivity index (χ2v) is 4.94. The van der Waals surface area contributed by atoms with Crippen LogP contribution in [0.3, 0.4) is 0 Å². The molecule has 0 N–H and O–H groups in total. The molecule has 0 fully saturated rings. The van der Waals surface area contributed by atoms with Gasteiger partial charge in [-0.2, -0.15) is 0 Å². The van der Waals surface area contributed by atoms with Crippen molar-refractivity contribution in [3.63, 3.8) is 0 Å². The summed E-state index contributed by atoms with van der Waals surface area (Å²) in [6.45, 7) is 2.05. The van der Waals surface area contributed by atoms with Crippen LogP contribution in [0.15, 0.2) is 60.7 Å². The van der Waals surface area contributed by atoms with E-state index in [4.69, 9.17) is 4.98 Å². The Hall–Kier alpha value is -2.41. The van der Waals surface area contributed by atoms with E-state index in [1.54, 1.807) is 0 Å². The molecule has 19 heavy (non-hydrogen) atoms. The van der Waals surface area contributed by atoms with E-state index in [1.165, 1.54) is 26.9 Å². The van der Waals surface area contributed by atoms with Crippen LogP contribution in [-0.4, -0.2) is 4.98 Å². The molecular formula is C18H13N. The molecule has 1 nitrogen and oxygen atoms in total. The maximum Gasteiger partial charge on any atom is 0.0789 e. The maximum absolute atomic E-state index is 4.75. The highest BCUT2D eigenvalue weighted by atomic mass is 14.7. The summed E-state index contributed by atoms with van der Waals surface area (Å²) in [4.78, 5) is 4.75. The van der Waals surface area contributed by atoms with Gasteiger partial charge in [0, 0.05) is 16.5 Å². The lowest BCUT2D eigenvalue weighted by Crippen LogP contribution is -1.87. The summed E-state index contributed by atoms with van der Waals surface area (Å²) in [5.74, 6) is 0. The Morgan fingerprint density at radius 1 is 0.579 bits per heavy atom. The number of rotatable bonds is 0. The van der Waals surface area contributed by atoms with Crippen molar-refractivity contribution >= 4 is 32.4 Å². The molecule has 1 heterocycles. The third kappa shape index (κ3) is 1.45. The number of aryl methyl sites for hydroxylation is 1. The van der Waals surface area contributed by atoms with Gasteiger partial charge in [0.2, 0.25) is 0 Å². The molecular weight excluding hydrogens is 230 g/mol. The molecule has 1 aromatic heterocycles. The largest absolute Gasteiger partial charge is 0.252 e. The van der Waals surface area contributed by atoms with Crippen molar-refractivity contribution < 1.29 is 0 Å². The summed E-state index contributed by atoms with van der Waals surface area (Å²) >= 11 is 0. The molecule has 0 saturated carbocycles. The number of hydrogen-bond acceptors (Lipinski definition) is 1. The van der Waals surface area contributed by atoms with Crippen molar-refractivity contribution in [2.24, 2.45) is 0 Å². The van der Waals surface area contributed by atoms with Crippen molar-refractivity contribution in [2.45, 2.75) is 6.92 Å². The molecule has 1 heteroatoms. The third-order valence-electron chi connectivity index (χ3n) is 3.72.